The molecule has 0 fully saturated rings. The number of hydrogen-bond acceptors (Lipinski definition) is 6. The summed E-state index contributed by atoms with van der Waals surface area (Å²) in [5.74, 6) is -1.22. The molecule has 138 valence electrons. The van der Waals surface area contributed by atoms with Crippen molar-refractivity contribution in [2.24, 2.45) is 0 Å². The van der Waals surface area contributed by atoms with Crippen LogP contribution < -0.4 is 10.6 Å². The Morgan fingerprint density at radius 3 is 2.20 bits per heavy atom. The lowest BCUT2D eigenvalue weighted by molar-refractivity contribution is -0.385. The average molecular weight is 371 g/mol. The zero-order valence-corrected chi connectivity index (χ0v) is 15.4. The highest BCUT2D eigenvalue weighted by Crippen LogP contribution is 2.21. The van der Waals surface area contributed by atoms with E-state index in [1.165, 1.54) is 6.92 Å². The number of nitro groups is 1. The van der Waals surface area contributed by atoms with Crippen LogP contribution in [0.2, 0.25) is 0 Å². The van der Waals surface area contributed by atoms with Gasteiger partial charge in [-0.2, -0.15) is 0 Å². The molecule has 1 unspecified atom stereocenters. The molecule has 25 heavy (non-hydrogen) atoms. The maximum Gasteiger partial charge on any atom is 0.271 e. The third-order valence-corrected chi connectivity index (χ3v) is 4.12. The molecule has 10 heteroatoms. The minimum Gasteiger partial charge on any atom is -0.350 e. The molecular weight excluding hydrogens is 350 g/mol. The number of nitro benzene ring substituents is 1. The molecule has 1 atom stereocenters. The summed E-state index contributed by atoms with van der Waals surface area (Å²) in [6, 6.07) is 1.96. The van der Waals surface area contributed by atoms with Gasteiger partial charge in [0.15, 0.2) is 9.84 Å². The topological polar surface area (TPSA) is 135 Å². The molecular formula is C15H21N3O6S. The van der Waals surface area contributed by atoms with Crippen molar-refractivity contribution in [3.63, 3.8) is 0 Å². The Morgan fingerprint density at radius 1 is 1.20 bits per heavy atom. The van der Waals surface area contributed by atoms with Crippen LogP contribution >= 0.6 is 0 Å². The quantitative estimate of drug-likeness (QED) is 0.586. The zero-order valence-electron chi connectivity index (χ0n) is 14.6. The lowest BCUT2D eigenvalue weighted by atomic mass is 10.1. The predicted octanol–water partition coefficient (Wildman–Crippen LogP) is 1.03. The van der Waals surface area contributed by atoms with Gasteiger partial charge in [0.2, 0.25) is 5.91 Å². The molecule has 2 amide bonds. The van der Waals surface area contributed by atoms with Crippen LogP contribution in [0.3, 0.4) is 0 Å². The van der Waals surface area contributed by atoms with Gasteiger partial charge in [0.05, 0.1) is 9.82 Å². The molecule has 1 rings (SSSR count). The molecule has 0 saturated heterocycles. The van der Waals surface area contributed by atoms with E-state index in [4.69, 9.17) is 0 Å². The summed E-state index contributed by atoms with van der Waals surface area (Å²) in [6.45, 7) is 6.78. The molecule has 9 nitrogen and oxygen atoms in total. The van der Waals surface area contributed by atoms with Crippen molar-refractivity contribution < 1.29 is 22.9 Å². The highest BCUT2D eigenvalue weighted by Gasteiger charge is 2.23. The summed E-state index contributed by atoms with van der Waals surface area (Å²) in [5.41, 5.74) is -1.24. The first-order valence-electron chi connectivity index (χ1n) is 7.33. The fourth-order valence-electron chi connectivity index (χ4n) is 1.86. The molecule has 0 aliphatic heterocycles. The van der Waals surface area contributed by atoms with Crippen molar-refractivity contribution in [3.8, 4) is 0 Å². The smallest absolute Gasteiger partial charge is 0.271 e. The Hall–Kier alpha value is -2.49. The summed E-state index contributed by atoms with van der Waals surface area (Å²) < 4.78 is 23.3. The first kappa shape index (κ1) is 20.6. The van der Waals surface area contributed by atoms with Crippen molar-refractivity contribution in [2.75, 3.05) is 6.26 Å². The second kappa shape index (κ2) is 7.18. The van der Waals surface area contributed by atoms with Gasteiger partial charge in [-0.15, -0.1) is 0 Å². The van der Waals surface area contributed by atoms with Crippen LogP contribution in [-0.4, -0.2) is 43.0 Å². The maximum atomic E-state index is 12.3. The van der Waals surface area contributed by atoms with Crippen molar-refractivity contribution in [1.29, 1.82) is 0 Å². The van der Waals surface area contributed by atoms with E-state index >= 15 is 0 Å². The van der Waals surface area contributed by atoms with Crippen LogP contribution in [-0.2, 0) is 14.6 Å². The second-order valence-corrected chi connectivity index (χ2v) is 8.70. The first-order chi connectivity index (χ1) is 11.2. The lowest BCUT2D eigenvalue weighted by Crippen LogP contribution is -2.50. The Bertz CT molecular complexity index is 811. The van der Waals surface area contributed by atoms with Crippen molar-refractivity contribution in [2.45, 2.75) is 44.2 Å². The van der Waals surface area contributed by atoms with Gasteiger partial charge in [-0.1, -0.05) is 0 Å². The number of carbonyl (C=O) groups is 2. The molecule has 0 spiro atoms. The Morgan fingerprint density at radius 2 is 1.76 bits per heavy atom. The third-order valence-electron chi connectivity index (χ3n) is 3.03. The summed E-state index contributed by atoms with van der Waals surface area (Å²) >= 11 is 0. The van der Waals surface area contributed by atoms with Gasteiger partial charge in [0, 0.05) is 29.5 Å². The van der Waals surface area contributed by atoms with E-state index in [0.29, 0.717) is 0 Å². The van der Waals surface area contributed by atoms with E-state index < -0.39 is 43.8 Å². The van der Waals surface area contributed by atoms with E-state index in [2.05, 4.69) is 10.6 Å². The van der Waals surface area contributed by atoms with Gasteiger partial charge in [-0.25, -0.2) is 8.42 Å². The van der Waals surface area contributed by atoms with Crippen LogP contribution in [0.25, 0.3) is 0 Å². The van der Waals surface area contributed by atoms with Gasteiger partial charge in [0.1, 0.15) is 6.04 Å². The SMILES string of the molecule is CC(NC(=O)c1cc([N+](=O)[O-])cc(S(C)(=O)=O)c1)C(=O)NC(C)(C)C. The average Bonchev–Trinajstić information content (AvgIpc) is 2.43. The highest BCUT2D eigenvalue weighted by atomic mass is 32.2. The van der Waals surface area contributed by atoms with Crippen molar-refractivity contribution in [3.05, 3.63) is 33.9 Å². The first-order valence-corrected chi connectivity index (χ1v) is 9.22. The maximum absolute atomic E-state index is 12.3. The van der Waals surface area contributed by atoms with Gasteiger partial charge in [-0.05, 0) is 33.8 Å². The molecule has 2 N–H and O–H groups in total. The predicted molar refractivity (Wildman–Crippen MR) is 91.0 cm³/mol. The molecule has 0 saturated carbocycles. The molecule has 0 radical (unpaired) electrons. The Labute approximate surface area is 145 Å². The Balaban J connectivity index is 3.11. The fourth-order valence-corrected chi connectivity index (χ4v) is 2.53. The van der Waals surface area contributed by atoms with Crippen LogP contribution in [0.4, 0.5) is 5.69 Å². The number of non-ortho nitro benzene ring substituents is 1. The lowest BCUT2D eigenvalue weighted by Gasteiger charge is -2.23. The van der Waals surface area contributed by atoms with Crippen LogP contribution in [0.15, 0.2) is 23.1 Å². The van der Waals surface area contributed by atoms with E-state index in [9.17, 15) is 28.1 Å². The van der Waals surface area contributed by atoms with Crippen molar-refractivity contribution in [1.82, 2.24) is 10.6 Å². The number of amides is 2. The molecule has 1 aromatic carbocycles. The molecule has 0 aromatic heterocycles. The van der Waals surface area contributed by atoms with E-state index in [-0.39, 0.29) is 10.5 Å². The monoisotopic (exact) mass is 371 g/mol. The summed E-state index contributed by atoms with van der Waals surface area (Å²) in [6.07, 6.45) is 0.882. The largest absolute Gasteiger partial charge is 0.350 e. The molecule has 0 heterocycles. The van der Waals surface area contributed by atoms with Crippen LogP contribution in [0.1, 0.15) is 38.1 Å². The van der Waals surface area contributed by atoms with Gasteiger partial charge in [-0.3, -0.25) is 19.7 Å². The number of hydrogen-bond donors (Lipinski definition) is 2. The fraction of sp³-hybridized carbons (Fsp3) is 0.467. The number of nitrogens with zero attached hydrogens (tertiary/aromatic N) is 1. The number of rotatable bonds is 5. The summed E-state index contributed by atoms with van der Waals surface area (Å²) in [4.78, 5) is 34.1. The number of carbonyl (C=O) groups excluding carboxylic acids is 2. The van der Waals surface area contributed by atoms with Gasteiger partial charge in [0.25, 0.3) is 11.6 Å². The van der Waals surface area contributed by atoms with Crippen molar-refractivity contribution >= 4 is 27.3 Å². The van der Waals surface area contributed by atoms with Crippen LogP contribution in [0.5, 0.6) is 0 Å². The van der Waals surface area contributed by atoms with E-state index in [1.54, 1.807) is 20.8 Å². The molecule has 0 bridgehead atoms. The number of benzene rings is 1. The highest BCUT2D eigenvalue weighted by molar-refractivity contribution is 7.90. The molecule has 0 aliphatic rings. The molecule has 1 aromatic rings. The third kappa shape index (κ3) is 6.14. The normalized spacial score (nSPS) is 13.0. The zero-order chi connectivity index (χ0) is 19.6. The standard InChI is InChI=1S/C15H21N3O6S/c1-9(13(19)17-15(2,3)4)16-14(20)10-6-11(18(21)22)8-12(7-10)25(5,23)24/h6-9H,1-5H3,(H,16,20)(H,17,19). The summed E-state index contributed by atoms with van der Waals surface area (Å²) in [5, 5.41) is 16.0. The minimum atomic E-state index is -3.75. The van der Waals surface area contributed by atoms with Crippen LogP contribution in [0, 0.1) is 10.1 Å². The minimum absolute atomic E-state index is 0.218. The molecule has 0 aliphatic carbocycles. The Kier molecular flexibility index (Phi) is 5.90. The van der Waals surface area contributed by atoms with Gasteiger partial charge < -0.3 is 10.6 Å². The van der Waals surface area contributed by atoms with E-state index in [1.807, 2.05) is 0 Å². The van der Waals surface area contributed by atoms with Gasteiger partial charge >= 0.3 is 0 Å². The summed E-state index contributed by atoms with van der Waals surface area (Å²) in [7, 11) is -3.75. The second-order valence-electron chi connectivity index (χ2n) is 6.68. The number of nitrogens with one attached hydrogen (secondary N) is 2. The number of sulfone groups is 1. The van der Waals surface area contributed by atoms with E-state index in [0.717, 1.165) is 24.5 Å².